The lowest BCUT2D eigenvalue weighted by atomic mass is 10.2. The molecule has 1 heterocycles. The van der Waals surface area contributed by atoms with E-state index in [1.54, 1.807) is 13.3 Å². The molecule has 1 aliphatic carbocycles. The maximum Gasteiger partial charge on any atom is 0.158 e. The number of rotatable bonds is 5. The third-order valence-electron chi connectivity index (χ3n) is 2.63. The lowest BCUT2D eigenvalue weighted by Crippen LogP contribution is -2.05. The average Bonchev–Trinajstić information content (AvgIpc) is 3.09. The summed E-state index contributed by atoms with van der Waals surface area (Å²) in [7, 11) is 1.65. The summed E-state index contributed by atoms with van der Waals surface area (Å²) in [5.74, 6) is 2.35. The Kier molecular flexibility index (Phi) is 3.16. The van der Waals surface area contributed by atoms with Crippen molar-refractivity contribution in [2.75, 3.05) is 13.7 Å². The molecule has 1 aromatic rings. The van der Waals surface area contributed by atoms with Gasteiger partial charge in [0.05, 0.1) is 19.0 Å². The highest BCUT2D eigenvalue weighted by Crippen LogP contribution is 2.38. The average molecular weight is 207 g/mol. The second kappa shape index (κ2) is 4.57. The Morgan fingerprint density at radius 1 is 1.53 bits per heavy atom. The van der Waals surface area contributed by atoms with Crippen molar-refractivity contribution in [3.8, 4) is 5.75 Å². The van der Waals surface area contributed by atoms with Crippen LogP contribution in [0.1, 0.15) is 36.7 Å². The van der Waals surface area contributed by atoms with Crippen LogP contribution in [0.15, 0.2) is 6.20 Å². The van der Waals surface area contributed by atoms with Crippen molar-refractivity contribution in [2.45, 2.75) is 31.6 Å². The van der Waals surface area contributed by atoms with E-state index in [0.29, 0.717) is 12.5 Å². The van der Waals surface area contributed by atoms with Crippen LogP contribution in [-0.2, 0) is 6.42 Å². The summed E-state index contributed by atoms with van der Waals surface area (Å²) < 4.78 is 5.23. The van der Waals surface area contributed by atoms with Crippen molar-refractivity contribution >= 4 is 0 Å². The first kappa shape index (κ1) is 10.4. The Balaban J connectivity index is 2.17. The zero-order valence-corrected chi connectivity index (χ0v) is 9.07. The summed E-state index contributed by atoms with van der Waals surface area (Å²) in [5.41, 5.74) is 6.49. The Morgan fingerprint density at radius 3 is 2.93 bits per heavy atom. The molecule has 0 spiro atoms. The molecular formula is C11H17N3O. The fourth-order valence-corrected chi connectivity index (χ4v) is 1.58. The predicted octanol–water partition coefficient (Wildman–Crippen LogP) is 1.25. The zero-order valence-electron chi connectivity index (χ0n) is 9.07. The minimum atomic E-state index is 0.590. The van der Waals surface area contributed by atoms with Gasteiger partial charge in [0.2, 0.25) is 0 Å². The van der Waals surface area contributed by atoms with Crippen LogP contribution in [0, 0.1) is 0 Å². The van der Waals surface area contributed by atoms with Gasteiger partial charge in [-0.05, 0) is 32.2 Å². The van der Waals surface area contributed by atoms with Gasteiger partial charge in [0, 0.05) is 5.92 Å². The van der Waals surface area contributed by atoms with Gasteiger partial charge < -0.3 is 10.5 Å². The molecule has 4 nitrogen and oxygen atoms in total. The van der Waals surface area contributed by atoms with Gasteiger partial charge in [-0.15, -0.1) is 0 Å². The highest BCUT2D eigenvalue weighted by atomic mass is 16.5. The first-order valence-electron chi connectivity index (χ1n) is 5.45. The maximum absolute atomic E-state index is 5.49. The molecule has 0 aromatic carbocycles. The van der Waals surface area contributed by atoms with Crippen LogP contribution in [0.5, 0.6) is 5.75 Å². The molecule has 1 aromatic heterocycles. The number of nitrogens with two attached hydrogens (primary N) is 1. The van der Waals surface area contributed by atoms with Crippen molar-refractivity contribution in [1.82, 2.24) is 9.97 Å². The van der Waals surface area contributed by atoms with E-state index >= 15 is 0 Å². The monoisotopic (exact) mass is 207 g/mol. The van der Waals surface area contributed by atoms with E-state index in [2.05, 4.69) is 9.97 Å². The largest absolute Gasteiger partial charge is 0.493 e. The van der Waals surface area contributed by atoms with Gasteiger partial charge in [-0.3, -0.25) is 0 Å². The number of hydrogen-bond donors (Lipinski definition) is 1. The van der Waals surface area contributed by atoms with Gasteiger partial charge in [-0.2, -0.15) is 0 Å². The molecule has 0 radical (unpaired) electrons. The van der Waals surface area contributed by atoms with E-state index in [0.717, 1.165) is 30.1 Å². The predicted molar refractivity (Wildman–Crippen MR) is 57.9 cm³/mol. The highest BCUT2D eigenvalue weighted by Gasteiger charge is 2.27. The Labute approximate surface area is 89.9 Å². The Morgan fingerprint density at radius 2 is 2.33 bits per heavy atom. The van der Waals surface area contributed by atoms with Gasteiger partial charge in [-0.25, -0.2) is 9.97 Å². The summed E-state index contributed by atoms with van der Waals surface area (Å²) in [4.78, 5) is 8.86. The molecule has 2 rings (SSSR count). The maximum atomic E-state index is 5.49. The first-order chi connectivity index (χ1) is 7.35. The van der Waals surface area contributed by atoms with E-state index in [4.69, 9.17) is 10.5 Å². The molecule has 0 atom stereocenters. The van der Waals surface area contributed by atoms with E-state index in [9.17, 15) is 0 Å². The molecule has 0 aliphatic heterocycles. The summed E-state index contributed by atoms with van der Waals surface area (Å²) in [6.45, 7) is 0.686. The van der Waals surface area contributed by atoms with Crippen LogP contribution in [0.2, 0.25) is 0 Å². The van der Waals surface area contributed by atoms with Gasteiger partial charge in [0.25, 0.3) is 0 Å². The van der Waals surface area contributed by atoms with Crippen molar-refractivity contribution < 1.29 is 4.74 Å². The number of ether oxygens (including phenoxy) is 1. The van der Waals surface area contributed by atoms with Crippen LogP contribution in [-0.4, -0.2) is 23.6 Å². The molecule has 1 fully saturated rings. The Bertz CT molecular complexity index is 337. The minimum absolute atomic E-state index is 0.590. The molecule has 0 amide bonds. The minimum Gasteiger partial charge on any atom is -0.493 e. The summed E-state index contributed by atoms with van der Waals surface area (Å²) >= 11 is 0. The highest BCUT2D eigenvalue weighted by molar-refractivity contribution is 5.26. The zero-order chi connectivity index (χ0) is 10.7. The normalized spacial score (nSPS) is 15.3. The lowest BCUT2D eigenvalue weighted by molar-refractivity contribution is 0.403. The van der Waals surface area contributed by atoms with Crippen LogP contribution >= 0.6 is 0 Å². The summed E-state index contributed by atoms with van der Waals surface area (Å²) in [5, 5.41) is 0. The molecule has 0 saturated heterocycles. The van der Waals surface area contributed by atoms with Crippen LogP contribution < -0.4 is 10.5 Å². The van der Waals surface area contributed by atoms with Crippen molar-refractivity contribution in [3.05, 3.63) is 17.7 Å². The van der Waals surface area contributed by atoms with E-state index in [-0.39, 0.29) is 0 Å². The molecule has 4 heteroatoms. The second-order valence-corrected chi connectivity index (χ2v) is 3.91. The third-order valence-corrected chi connectivity index (χ3v) is 2.63. The summed E-state index contributed by atoms with van der Waals surface area (Å²) in [6.07, 6.45) is 6.05. The molecule has 1 aliphatic rings. The van der Waals surface area contributed by atoms with E-state index < -0.39 is 0 Å². The Hall–Kier alpha value is -1.16. The smallest absolute Gasteiger partial charge is 0.158 e. The van der Waals surface area contributed by atoms with Crippen LogP contribution in [0.25, 0.3) is 0 Å². The van der Waals surface area contributed by atoms with Crippen LogP contribution in [0.4, 0.5) is 0 Å². The molecule has 0 unspecified atom stereocenters. The SMILES string of the molecule is COc1cnc(C2CC2)nc1CCCN. The van der Waals surface area contributed by atoms with Crippen molar-refractivity contribution in [2.24, 2.45) is 5.73 Å². The number of methoxy groups -OCH3 is 1. The van der Waals surface area contributed by atoms with Crippen molar-refractivity contribution in [1.29, 1.82) is 0 Å². The molecule has 82 valence electrons. The fraction of sp³-hybridized carbons (Fsp3) is 0.636. The lowest BCUT2D eigenvalue weighted by Gasteiger charge is -2.08. The number of aromatic nitrogens is 2. The second-order valence-electron chi connectivity index (χ2n) is 3.91. The molecule has 1 saturated carbocycles. The quantitative estimate of drug-likeness (QED) is 0.789. The molecule has 2 N–H and O–H groups in total. The molecule has 15 heavy (non-hydrogen) atoms. The van der Waals surface area contributed by atoms with Gasteiger partial charge in [0.15, 0.2) is 5.75 Å². The van der Waals surface area contributed by atoms with Gasteiger partial charge in [0.1, 0.15) is 5.82 Å². The van der Waals surface area contributed by atoms with E-state index in [1.807, 2.05) is 0 Å². The molecule has 0 bridgehead atoms. The topological polar surface area (TPSA) is 61.0 Å². The van der Waals surface area contributed by atoms with Crippen LogP contribution in [0.3, 0.4) is 0 Å². The van der Waals surface area contributed by atoms with Gasteiger partial charge >= 0.3 is 0 Å². The third kappa shape index (κ3) is 2.45. The fourth-order valence-electron chi connectivity index (χ4n) is 1.58. The number of aryl methyl sites for hydroxylation is 1. The van der Waals surface area contributed by atoms with E-state index in [1.165, 1.54) is 12.8 Å². The first-order valence-corrected chi connectivity index (χ1v) is 5.45. The molecular weight excluding hydrogens is 190 g/mol. The number of nitrogens with zero attached hydrogens (tertiary/aromatic N) is 2. The summed E-state index contributed by atoms with van der Waals surface area (Å²) in [6, 6.07) is 0. The number of hydrogen-bond acceptors (Lipinski definition) is 4. The van der Waals surface area contributed by atoms with Gasteiger partial charge in [-0.1, -0.05) is 0 Å². The van der Waals surface area contributed by atoms with Crippen molar-refractivity contribution in [3.63, 3.8) is 0 Å². The standard InChI is InChI=1S/C11H17N3O/c1-15-10-7-13-11(8-4-5-8)14-9(10)3-2-6-12/h7-8H,2-6,12H2,1H3.